The second-order valence-corrected chi connectivity index (χ2v) is 8.49. The lowest BCUT2D eigenvalue weighted by Crippen LogP contribution is -2.28. The molecule has 0 radical (unpaired) electrons. The third-order valence-electron chi connectivity index (χ3n) is 5.88. The van der Waals surface area contributed by atoms with Gasteiger partial charge < -0.3 is 21.5 Å². The summed E-state index contributed by atoms with van der Waals surface area (Å²) in [6.07, 6.45) is 2.88. The van der Waals surface area contributed by atoms with E-state index in [0.29, 0.717) is 17.9 Å². The highest BCUT2D eigenvalue weighted by Crippen LogP contribution is 2.24. The minimum atomic E-state index is -1.15. The lowest BCUT2D eigenvalue weighted by Gasteiger charge is -2.16. The van der Waals surface area contributed by atoms with Gasteiger partial charge in [0.2, 0.25) is 0 Å². The number of nitriles is 1. The summed E-state index contributed by atoms with van der Waals surface area (Å²) in [5.41, 5.74) is 8.96. The normalized spacial score (nSPS) is 11.3. The van der Waals surface area contributed by atoms with Gasteiger partial charge in [-0.15, -0.1) is 0 Å². The number of benzene rings is 2. The number of nitrogens with one attached hydrogen (secondary N) is 2. The predicted octanol–water partition coefficient (Wildman–Crippen LogP) is 4.54. The van der Waals surface area contributed by atoms with Crippen molar-refractivity contribution >= 4 is 23.5 Å². The Labute approximate surface area is 217 Å². The molecule has 9 nitrogen and oxygen atoms in total. The van der Waals surface area contributed by atoms with Gasteiger partial charge in [-0.3, -0.25) is 4.79 Å². The Bertz CT molecular complexity index is 1530. The second kappa shape index (κ2) is 11.2. The lowest BCUT2D eigenvalue weighted by molar-refractivity contribution is 0.0697. The van der Waals surface area contributed by atoms with Crippen LogP contribution in [-0.2, 0) is 6.54 Å². The van der Waals surface area contributed by atoms with E-state index in [2.05, 4.69) is 20.6 Å². The van der Waals surface area contributed by atoms with Gasteiger partial charge in [-0.25, -0.2) is 19.2 Å². The number of carbonyl (C=O) groups is 2. The van der Waals surface area contributed by atoms with Crippen LogP contribution in [0.15, 0.2) is 73.1 Å². The number of hydrogen-bond donors (Lipinski definition) is 4. The number of halogens is 1. The van der Waals surface area contributed by atoms with Gasteiger partial charge in [-0.2, -0.15) is 5.26 Å². The number of nitrogens with zero attached hydrogens (tertiary/aromatic N) is 3. The SMILES string of the molecule is C[C@H](NC(=O)c1cc(C#N)cnc1NCc1ccc(-c2cnc(N)c(C(=O)O)c2)cc1)c1ccc(F)cc1. The number of hydrogen-bond acceptors (Lipinski definition) is 7. The van der Waals surface area contributed by atoms with Crippen LogP contribution >= 0.6 is 0 Å². The fraction of sp³-hybridized carbons (Fsp3) is 0.107. The molecule has 4 aromatic rings. The van der Waals surface area contributed by atoms with E-state index in [4.69, 9.17) is 5.73 Å². The topological polar surface area (TPSA) is 154 Å². The van der Waals surface area contributed by atoms with Crippen molar-refractivity contribution in [1.29, 1.82) is 5.26 Å². The van der Waals surface area contributed by atoms with E-state index < -0.39 is 17.9 Å². The van der Waals surface area contributed by atoms with E-state index in [1.165, 1.54) is 36.7 Å². The Hall–Kier alpha value is -5.30. The number of pyridine rings is 2. The standard InChI is InChI=1S/C28H23FN6O3/c1-16(19-6-8-22(29)9-7-19)35-27(36)24-10-18(12-30)14-34-26(24)33-13-17-2-4-20(5-3-17)21-11-23(28(37)38)25(31)32-15-21/h2-11,14-16H,13H2,1H3,(H2,31,32)(H,33,34)(H,35,36)(H,37,38)/t16-/m0/s1. The van der Waals surface area contributed by atoms with Gasteiger partial charge >= 0.3 is 5.97 Å². The summed E-state index contributed by atoms with van der Waals surface area (Å²) in [6, 6.07) is 17.7. The molecule has 0 aliphatic rings. The number of aromatic carboxylic acids is 1. The average molecular weight is 511 g/mol. The van der Waals surface area contributed by atoms with Gasteiger partial charge in [-0.05, 0) is 47.9 Å². The monoisotopic (exact) mass is 510 g/mol. The van der Waals surface area contributed by atoms with E-state index in [1.54, 1.807) is 19.1 Å². The maximum Gasteiger partial charge on any atom is 0.339 e. The first-order valence-electron chi connectivity index (χ1n) is 11.5. The smallest absolute Gasteiger partial charge is 0.339 e. The first kappa shape index (κ1) is 25.8. The molecule has 0 bridgehead atoms. The number of carboxylic acids is 1. The Morgan fingerprint density at radius 2 is 1.74 bits per heavy atom. The number of anilines is 2. The summed E-state index contributed by atoms with van der Waals surface area (Å²) in [4.78, 5) is 32.6. The van der Waals surface area contributed by atoms with Gasteiger partial charge in [0.25, 0.3) is 5.91 Å². The van der Waals surface area contributed by atoms with Crippen LogP contribution in [0.1, 0.15) is 50.4 Å². The van der Waals surface area contributed by atoms with E-state index >= 15 is 0 Å². The minimum absolute atomic E-state index is 0.0520. The molecule has 0 fully saturated rings. The Kier molecular flexibility index (Phi) is 7.58. The van der Waals surface area contributed by atoms with Crippen molar-refractivity contribution < 1.29 is 19.1 Å². The maximum atomic E-state index is 13.2. The number of carbonyl (C=O) groups excluding carboxylic acids is 1. The van der Waals surface area contributed by atoms with Crippen molar-refractivity contribution in [3.8, 4) is 17.2 Å². The molecule has 5 N–H and O–H groups in total. The molecule has 0 aliphatic carbocycles. The largest absolute Gasteiger partial charge is 0.478 e. The molecule has 4 rings (SSSR count). The fourth-order valence-corrected chi connectivity index (χ4v) is 3.75. The molecule has 0 saturated heterocycles. The highest BCUT2D eigenvalue weighted by molar-refractivity contribution is 5.99. The number of rotatable bonds is 8. The van der Waals surface area contributed by atoms with Crippen molar-refractivity contribution in [2.75, 3.05) is 11.1 Å². The van der Waals surface area contributed by atoms with E-state index in [9.17, 15) is 24.3 Å². The highest BCUT2D eigenvalue weighted by Gasteiger charge is 2.17. The third-order valence-corrected chi connectivity index (χ3v) is 5.88. The number of aromatic nitrogens is 2. The number of amides is 1. The van der Waals surface area contributed by atoms with Crippen molar-refractivity contribution in [2.24, 2.45) is 0 Å². The quantitative estimate of drug-likeness (QED) is 0.269. The Morgan fingerprint density at radius 3 is 2.39 bits per heavy atom. The van der Waals surface area contributed by atoms with Gasteiger partial charge in [0.1, 0.15) is 29.1 Å². The fourth-order valence-electron chi connectivity index (χ4n) is 3.75. The van der Waals surface area contributed by atoms with E-state index in [0.717, 1.165) is 16.7 Å². The molecule has 2 heterocycles. The van der Waals surface area contributed by atoms with Crippen molar-refractivity contribution in [3.05, 3.63) is 107 Å². The summed E-state index contributed by atoms with van der Waals surface area (Å²) in [7, 11) is 0. The van der Waals surface area contributed by atoms with Gasteiger partial charge in [0, 0.05) is 24.5 Å². The molecule has 0 spiro atoms. The van der Waals surface area contributed by atoms with Crippen molar-refractivity contribution in [2.45, 2.75) is 19.5 Å². The number of carboxylic acid groups (broad SMARTS) is 1. The van der Waals surface area contributed by atoms with Crippen LogP contribution in [0, 0.1) is 17.1 Å². The summed E-state index contributed by atoms with van der Waals surface area (Å²) >= 11 is 0. The summed E-state index contributed by atoms with van der Waals surface area (Å²) in [5, 5.41) is 24.6. The highest BCUT2D eigenvalue weighted by atomic mass is 19.1. The van der Waals surface area contributed by atoms with E-state index in [1.807, 2.05) is 30.3 Å². The maximum absolute atomic E-state index is 13.2. The predicted molar refractivity (Wildman–Crippen MR) is 140 cm³/mol. The molecule has 2 aromatic carbocycles. The van der Waals surface area contributed by atoms with Crippen molar-refractivity contribution in [3.63, 3.8) is 0 Å². The molecule has 0 unspecified atom stereocenters. The van der Waals surface area contributed by atoms with Gasteiger partial charge in [0.05, 0.1) is 17.2 Å². The van der Waals surface area contributed by atoms with Crippen LogP contribution in [0.25, 0.3) is 11.1 Å². The van der Waals surface area contributed by atoms with Crippen molar-refractivity contribution in [1.82, 2.24) is 15.3 Å². The first-order chi connectivity index (χ1) is 18.2. The zero-order valence-corrected chi connectivity index (χ0v) is 20.3. The van der Waals surface area contributed by atoms with Crippen LogP contribution < -0.4 is 16.4 Å². The van der Waals surface area contributed by atoms with E-state index in [-0.39, 0.29) is 28.3 Å². The third kappa shape index (κ3) is 5.91. The number of nitrogens with two attached hydrogens (primary N) is 1. The average Bonchev–Trinajstić information content (AvgIpc) is 2.92. The molecule has 10 heteroatoms. The first-order valence-corrected chi connectivity index (χ1v) is 11.5. The summed E-state index contributed by atoms with van der Waals surface area (Å²) in [5.74, 6) is -1.71. The summed E-state index contributed by atoms with van der Waals surface area (Å²) < 4.78 is 13.2. The molecule has 1 atom stereocenters. The Balaban J connectivity index is 1.49. The van der Waals surface area contributed by atoms with Gasteiger partial charge in [-0.1, -0.05) is 36.4 Å². The van der Waals surface area contributed by atoms with Crippen LogP contribution in [0.2, 0.25) is 0 Å². The van der Waals surface area contributed by atoms with Gasteiger partial charge in [0.15, 0.2) is 0 Å². The second-order valence-electron chi connectivity index (χ2n) is 8.49. The zero-order chi connectivity index (χ0) is 27.2. The molecule has 0 saturated carbocycles. The molecule has 190 valence electrons. The molecule has 0 aliphatic heterocycles. The molecular formula is C28H23FN6O3. The molecule has 1 amide bonds. The van der Waals surface area contributed by atoms with Crippen LogP contribution in [0.4, 0.5) is 16.0 Å². The number of nitrogen functional groups attached to an aromatic ring is 1. The summed E-state index contributed by atoms with van der Waals surface area (Å²) in [6.45, 7) is 2.10. The van der Waals surface area contributed by atoms with Crippen LogP contribution in [0.5, 0.6) is 0 Å². The molecular weight excluding hydrogens is 487 g/mol. The minimum Gasteiger partial charge on any atom is -0.478 e. The Morgan fingerprint density at radius 1 is 1.03 bits per heavy atom. The van der Waals surface area contributed by atoms with Crippen LogP contribution in [-0.4, -0.2) is 27.0 Å². The van der Waals surface area contributed by atoms with Crippen LogP contribution in [0.3, 0.4) is 0 Å². The molecule has 2 aromatic heterocycles. The lowest BCUT2D eigenvalue weighted by atomic mass is 10.0. The zero-order valence-electron chi connectivity index (χ0n) is 20.3. The molecule has 38 heavy (non-hydrogen) atoms.